The van der Waals surface area contributed by atoms with E-state index in [2.05, 4.69) is 5.32 Å². The van der Waals surface area contributed by atoms with Gasteiger partial charge in [-0.2, -0.15) is 0 Å². The Morgan fingerprint density at radius 2 is 1.75 bits per heavy atom. The highest BCUT2D eigenvalue weighted by atomic mass is 16.4. The maximum atomic E-state index is 12.1. The summed E-state index contributed by atoms with van der Waals surface area (Å²) >= 11 is 0. The molecule has 1 saturated carbocycles. The first-order valence-electron chi connectivity index (χ1n) is 7.84. The lowest BCUT2D eigenvalue weighted by Gasteiger charge is -2.24. The van der Waals surface area contributed by atoms with Crippen molar-refractivity contribution in [2.24, 2.45) is 17.8 Å². The van der Waals surface area contributed by atoms with Crippen LogP contribution in [0.1, 0.15) is 51.4 Å². The molecule has 0 spiro atoms. The molecule has 4 nitrogen and oxygen atoms in total. The van der Waals surface area contributed by atoms with Crippen LogP contribution in [0, 0.1) is 17.8 Å². The van der Waals surface area contributed by atoms with E-state index in [4.69, 9.17) is 5.11 Å². The number of amides is 1. The van der Waals surface area contributed by atoms with Crippen LogP contribution in [0.3, 0.4) is 0 Å². The SMILES string of the molecule is O=C(O)[C@H]1CC=CC[C@H]1C(=O)NCCCC1CCCC1. The molecule has 2 N–H and O–H groups in total. The van der Waals surface area contributed by atoms with Gasteiger partial charge in [-0.15, -0.1) is 0 Å². The first kappa shape index (κ1) is 15.1. The second kappa shape index (κ2) is 7.46. The number of rotatable bonds is 6. The molecule has 0 radical (unpaired) electrons. The van der Waals surface area contributed by atoms with E-state index in [0.717, 1.165) is 12.3 Å². The molecular weight excluding hydrogens is 254 g/mol. The van der Waals surface area contributed by atoms with Gasteiger partial charge in [0.1, 0.15) is 0 Å². The van der Waals surface area contributed by atoms with E-state index in [0.29, 0.717) is 19.4 Å². The molecule has 2 aliphatic carbocycles. The lowest BCUT2D eigenvalue weighted by atomic mass is 9.82. The smallest absolute Gasteiger partial charge is 0.307 e. The molecule has 0 unspecified atom stereocenters. The standard InChI is InChI=1S/C16H25NO3/c18-15(13-9-3-4-10-14(13)16(19)20)17-11-5-8-12-6-1-2-7-12/h3-4,12-14H,1-2,5-11H2,(H,17,18)(H,19,20)/t13-,14+/m1/s1. The Bertz CT molecular complexity index is 372. The van der Waals surface area contributed by atoms with Crippen molar-refractivity contribution >= 4 is 11.9 Å². The second-order valence-electron chi connectivity index (χ2n) is 6.08. The molecule has 0 aromatic carbocycles. The zero-order chi connectivity index (χ0) is 14.4. The normalized spacial score (nSPS) is 26.6. The minimum atomic E-state index is -0.861. The summed E-state index contributed by atoms with van der Waals surface area (Å²) in [6.07, 6.45) is 12.4. The summed E-state index contributed by atoms with van der Waals surface area (Å²) < 4.78 is 0. The summed E-state index contributed by atoms with van der Waals surface area (Å²) in [4.78, 5) is 23.3. The Kier molecular flexibility index (Phi) is 5.62. The molecule has 0 aliphatic heterocycles. The molecule has 1 fully saturated rings. The van der Waals surface area contributed by atoms with Gasteiger partial charge in [0.15, 0.2) is 0 Å². The van der Waals surface area contributed by atoms with Crippen molar-refractivity contribution in [3.05, 3.63) is 12.2 Å². The predicted octanol–water partition coefficient (Wildman–Crippen LogP) is 2.74. The van der Waals surface area contributed by atoms with Gasteiger partial charge in [-0.1, -0.05) is 37.8 Å². The van der Waals surface area contributed by atoms with E-state index in [1.165, 1.54) is 32.1 Å². The van der Waals surface area contributed by atoms with Crippen molar-refractivity contribution in [2.45, 2.75) is 51.4 Å². The van der Waals surface area contributed by atoms with Crippen LogP contribution in [-0.2, 0) is 9.59 Å². The van der Waals surface area contributed by atoms with Crippen molar-refractivity contribution < 1.29 is 14.7 Å². The molecule has 2 rings (SSSR count). The van der Waals surface area contributed by atoms with Gasteiger partial charge < -0.3 is 10.4 Å². The van der Waals surface area contributed by atoms with Crippen molar-refractivity contribution in [3.8, 4) is 0 Å². The minimum absolute atomic E-state index is 0.0897. The van der Waals surface area contributed by atoms with Crippen molar-refractivity contribution in [3.63, 3.8) is 0 Å². The van der Waals surface area contributed by atoms with E-state index in [1.54, 1.807) is 0 Å². The van der Waals surface area contributed by atoms with Crippen LogP contribution in [-0.4, -0.2) is 23.5 Å². The van der Waals surface area contributed by atoms with Gasteiger partial charge in [-0.25, -0.2) is 0 Å². The summed E-state index contributed by atoms with van der Waals surface area (Å²) in [6.45, 7) is 0.682. The van der Waals surface area contributed by atoms with E-state index < -0.39 is 17.8 Å². The number of carbonyl (C=O) groups excluding carboxylic acids is 1. The Labute approximate surface area is 120 Å². The van der Waals surface area contributed by atoms with Crippen LogP contribution in [0.4, 0.5) is 0 Å². The van der Waals surface area contributed by atoms with Gasteiger partial charge in [0.25, 0.3) is 0 Å². The van der Waals surface area contributed by atoms with E-state index >= 15 is 0 Å². The highest BCUT2D eigenvalue weighted by Crippen LogP contribution is 2.28. The maximum absolute atomic E-state index is 12.1. The van der Waals surface area contributed by atoms with Crippen molar-refractivity contribution in [2.75, 3.05) is 6.54 Å². The van der Waals surface area contributed by atoms with Crippen LogP contribution >= 0.6 is 0 Å². The summed E-state index contributed by atoms with van der Waals surface area (Å²) in [7, 11) is 0. The molecule has 20 heavy (non-hydrogen) atoms. The number of hydrogen-bond acceptors (Lipinski definition) is 2. The summed E-state index contributed by atoms with van der Waals surface area (Å²) in [6, 6.07) is 0. The quantitative estimate of drug-likeness (QED) is 0.580. The first-order chi connectivity index (χ1) is 9.68. The Morgan fingerprint density at radius 1 is 1.10 bits per heavy atom. The monoisotopic (exact) mass is 279 g/mol. The number of carboxylic acids is 1. The fourth-order valence-corrected chi connectivity index (χ4v) is 3.41. The van der Waals surface area contributed by atoms with E-state index in [1.807, 2.05) is 12.2 Å². The van der Waals surface area contributed by atoms with Crippen LogP contribution in [0.2, 0.25) is 0 Å². The third kappa shape index (κ3) is 4.09. The third-order valence-electron chi connectivity index (χ3n) is 4.65. The maximum Gasteiger partial charge on any atom is 0.307 e. The Balaban J connectivity index is 1.70. The Morgan fingerprint density at radius 3 is 2.40 bits per heavy atom. The first-order valence-corrected chi connectivity index (χ1v) is 7.84. The van der Waals surface area contributed by atoms with Gasteiger partial charge in [0, 0.05) is 6.54 Å². The molecule has 0 aromatic rings. The topological polar surface area (TPSA) is 66.4 Å². The van der Waals surface area contributed by atoms with Crippen LogP contribution in [0.25, 0.3) is 0 Å². The lowest BCUT2D eigenvalue weighted by molar-refractivity contribution is -0.147. The molecule has 0 heterocycles. The number of allylic oxidation sites excluding steroid dienone is 2. The molecular formula is C16H25NO3. The van der Waals surface area contributed by atoms with Crippen LogP contribution in [0.15, 0.2) is 12.2 Å². The van der Waals surface area contributed by atoms with Gasteiger partial charge in [-0.05, 0) is 31.6 Å². The van der Waals surface area contributed by atoms with Crippen molar-refractivity contribution in [1.29, 1.82) is 0 Å². The fourth-order valence-electron chi connectivity index (χ4n) is 3.41. The molecule has 0 bridgehead atoms. The number of nitrogens with one attached hydrogen (secondary N) is 1. The summed E-state index contributed by atoms with van der Waals surface area (Å²) in [5.41, 5.74) is 0. The van der Waals surface area contributed by atoms with Crippen LogP contribution in [0.5, 0.6) is 0 Å². The average Bonchev–Trinajstić information content (AvgIpc) is 2.96. The number of hydrogen-bond donors (Lipinski definition) is 2. The van der Waals surface area contributed by atoms with E-state index in [9.17, 15) is 9.59 Å². The zero-order valence-corrected chi connectivity index (χ0v) is 12.0. The van der Waals surface area contributed by atoms with Gasteiger partial charge >= 0.3 is 5.97 Å². The molecule has 1 amide bonds. The molecule has 4 heteroatoms. The number of carbonyl (C=O) groups is 2. The molecule has 0 saturated heterocycles. The third-order valence-corrected chi connectivity index (χ3v) is 4.65. The van der Waals surface area contributed by atoms with Crippen LogP contribution < -0.4 is 5.32 Å². The largest absolute Gasteiger partial charge is 0.481 e. The Hall–Kier alpha value is -1.32. The minimum Gasteiger partial charge on any atom is -0.481 e. The molecule has 2 aliphatic rings. The van der Waals surface area contributed by atoms with Gasteiger partial charge in [0.05, 0.1) is 11.8 Å². The fraction of sp³-hybridized carbons (Fsp3) is 0.750. The lowest BCUT2D eigenvalue weighted by Crippen LogP contribution is -2.39. The van der Waals surface area contributed by atoms with Gasteiger partial charge in [0.2, 0.25) is 5.91 Å². The summed E-state index contributed by atoms with van der Waals surface area (Å²) in [5.74, 6) is -1.07. The van der Waals surface area contributed by atoms with E-state index in [-0.39, 0.29) is 5.91 Å². The zero-order valence-electron chi connectivity index (χ0n) is 12.0. The highest BCUT2D eigenvalue weighted by molar-refractivity contribution is 5.85. The van der Waals surface area contributed by atoms with Crippen molar-refractivity contribution in [1.82, 2.24) is 5.32 Å². The highest BCUT2D eigenvalue weighted by Gasteiger charge is 2.33. The molecule has 112 valence electrons. The number of carboxylic acid groups (broad SMARTS) is 1. The second-order valence-corrected chi connectivity index (χ2v) is 6.08. The predicted molar refractivity (Wildman–Crippen MR) is 77.2 cm³/mol. The molecule has 2 atom stereocenters. The summed E-state index contributed by atoms with van der Waals surface area (Å²) in [5, 5.41) is 12.1. The molecule has 0 aromatic heterocycles. The number of aliphatic carboxylic acids is 1. The average molecular weight is 279 g/mol. The van der Waals surface area contributed by atoms with Gasteiger partial charge in [-0.3, -0.25) is 9.59 Å².